The zero-order valence-electron chi connectivity index (χ0n) is 10.8. The fraction of sp³-hybridized carbons (Fsp3) is 0.923. The van der Waals surface area contributed by atoms with Crippen molar-refractivity contribution in [1.82, 2.24) is 10.2 Å². The summed E-state index contributed by atoms with van der Waals surface area (Å²) in [5.41, 5.74) is 0. The zero-order valence-corrected chi connectivity index (χ0v) is 10.8. The highest BCUT2D eigenvalue weighted by atomic mass is 16.5. The van der Waals surface area contributed by atoms with E-state index in [4.69, 9.17) is 4.74 Å². The second-order valence-electron chi connectivity index (χ2n) is 5.03. The minimum Gasteiger partial charge on any atom is -0.368 e. The average molecular weight is 240 g/mol. The topological polar surface area (TPSA) is 41.6 Å². The molecule has 1 N–H and O–H groups in total. The van der Waals surface area contributed by atoms with Crippen molar-refractivity contribution < 1.29 is 9.53 Å². The molecule has 0 saturated carbocycles. The van der Waals surface area contributed by atoms with E-state index < -0.39 is 0 Å². The first-order valence-corrected chi connectivity index (χ1v) is 6.95. The molecule has 2 fully saturated rings. The van der Waals surface area contributed by atoms with E-state index in [2.05, 4.69) is 17.1 Å². The molecule has 0 aliphatic carbocycles. The molecule has 0 aromatic carbocycles. The molecule has 17 heavy (non-hydrogen) atoms. The van der Waals surface area contributed by atoms with Crippen LogP contribution in [0.15, 0.2) is 0 Å². The van der Waals surface area contributed by atoms with Gasteiger partial charge in [0, 0.05) is 25.7 Å². The van der Waals surface area contributed by atoms with Crippen LogP contribution in [0.5, 0.6) is 0 Å². The van der Waals surface area contributed by atoms with Crippen LogP contribution in [-0.4, -0.2) is 49.2 Å². The van der Waals surface area contributed by atoms with Crippen LogP contribution in [-0.2, 0) is 9.53 Å². The Labute approximate surface area is 104 Å². The molecule has 0 aromatic heterocycles. The summed E-state index contributed by atoms with van der Waals surface area (Å²) >= 11 is 0. The fourth-order valence-corrected chi connectivity index (χ4v) is 2.74. The van der Waals surface area contributed by atoms with E-state index in [0.29, 0.717) is 6.04 Å². The summed E-state index contributed by atoms with van der Waals surface area (Å²) in [6, 6.07) is 0.382. The average Bonchev–Trinajstić information content (AvgIpc) is 2.90. The Balaban J connectivity index is 1.95. The first-order chi connectivity index (χ1) is 8.33. The first kappa shape index (κ1) is 12.8. The van der Waals surface area contributed by atoms with Gasteiger partial charge in [-0.1, -0.05) is 6.92 Å². The van der Waals surface area contributed by atoms with Gasteiger partial charge < -0.3 is 15.0 Å². The van der Waals surface area contributed by atoms with Gasteiger partial charge in [-0.15, -0.1) is 0 Å². The molecule has 4 nitrogen and oxygen atoms in total. The van der Waals surface area contributed by atoms with Gasteiger partial charge in [0.25, 0.3) is 5.91 Å². The van der Waals surface area contributed by atoms with Crippen molar-refractivity contribution in [3.63, 3.8) is 0 Å². The molecular weight excluding hydrogens is 216 g/mol. The lowest BCUT2D eigenvalue weighted by molar-refractivity contribution is -0.148. The van der Waals surface area contributed by atoms with Gasteiger partial charge in [0.05, 0.1) is 0 Å². The van der Waals surface area contributed by atoms with Gasteiger partial charge in [-0.2, -0.15) is 0 Å². The van der Waals surface area contributed by atoms with Crippen LogP contribution < -0.4 is 5.32 Å². The SMILES string of the molecule is CCCN(C(=O)C1CCCCO1)C1CCNC1. The summed E-state index contributed by atoms with van der Waals surface area (Å²) in [5, 5.41) is 3.33. The summed E-state index contributed by atoms with van der Waals surface area (Å²) in [6.45, 7) is 5.72. The molecular formula is C13H24N2O2. The molecule has 98 valence electrons. The molecule has 2 aliphatic rings. The lowest BCUT2D eigenvalue weighted by Gasteiger charge is -2.33. The number of carbonyl (C=O) groups excluding carboxylic acids is 1. The highest BCUT2D eigenvalue weighted by molar-refractivity contribution is 5.81. The van der Waals surface area contributed by atoms with Crippen LogP contribution in [0.1, 0.15) is 39.0 Å². The quantitative estimate of drug-likeness (QED) is 0.801. The Hall–Kier alpha value is -0.610. The summed E-state index contributed by atoms with van der Waals surface area (Å²) in [7, 11) is 0. The lowest BCUT2D eigenvalue weighted by Crippen LogP contribution is -2.48. The molecule has 1 amide bonds. The van der Waals surface area contributed by atoms with E-state index >= 15 is 0 Å². The zero-order chi connectivity index (χ0) is 12.1. The summed E-state index contributed by atoms with van der Waals surface area (Å²) in [5.74, 6) is 0.222. The van der Waals surface area contributed by atoms with Crippen LogP contribution in [0, 0.1) is 0 Å². The van der Waals surface area contributed by atoms with Crippen LogP contribution in [0.4, 0.5) is 0 Å². The van der Waals surface area contributed by atoms with E-state index in [1.807, 2.05) is 0 Å². The predicted molar refractivity (Wildman–Crippen MR) is 66.9 cm³/mol. The molecule has 2 heterocycles. The Morgan fingerprint density at radius 1 is 1.41 bits per heavy atom. The highest BCUT2D eigenvalue weighted by Gasteiger charge is 2.32. The third-order valence-electron chi connectivity index (χ3n) is 3.68. The number of nitrogens with one attached hydrogen (secondary N) is 1. The Kier molecular flexibility index (Phi) is 4.80. The number of rotatable bonds is 4. The molecule has 2 atom stereocenters. The van der Waals surface area contributed by atoms with Crippen molar-refractivity contribution in [3.8, 4) is 0 Å². The van der Waals surface area contributed by atoms with Gasteiger partial charge in [0.1, 0.15) is 6.10 Å². The lowest BCUT2D eigenvalue weighted by atomic mass is 10.1. The molecule has 0 spiro atoms. The van der Waals surface area contributed by atoms with E-state index in [9.17, 15) is 4.79 Å². The van der Waals surface area contributed by atoms with Crippen LogP contribution in [0.2, 0.25) is 0 Å². The molecule has 2 saturated heterocycles. The number of hydrogen-bond donors (Lipinski definition) is 1. The van der Waals surface area contributed by atoms with Gasteiger partial charge in [-0.3, -0.25) is 4.79 Å². The number of carbonyl (C=O) groups is 1. The number of ether oxygens (including phenoxy) is 1. The van der Waals surface area contributed by atoms with Gasteiger partial charge in [-0.25, -0.2) is 0 Å². The maximum absolute atomic E-state index is 12.4. The molecule has 2 aliphatic heterocycles. The molecule has 2 rings (SSSR count). The molecule has 0 bridgehead atoms. The van der Waals surface area contributed by atoms with Gasteiger partial charge in [0.2, 0.25) is 0 Å². The highest BCUT2D eigenvalue weighted by Crippen LogP contribution is 2.18. The van der Waals surface area contributed by atoms with Crippen molar-refractivity contribution >= 4 is 5.91 Å². The molecule has 0 aromatic rings. The van der Waals surface area contributed by atoms with E-state index in [1.54, 1.807) is 0 Å². The van der Waals surface area contributed by atoms with E-state index in [0.717, 1.165) is 58.3 Å². The number of nitrogens with zero attached hydrogens (tertiary/aromatic N) is 1. The Bertz CT molecular complexity index is 246. The van der Waals surface area contributed by atoms with Crippen molar-refractivity contribution in [2.24, 2.45) is 0 Å². The third kappa shape index (κ3) is 3.19. The number of amides is 1. The third-order valence-corrected chi connectivity index (χ3v) is 3.68. The van der Waals surface area contributed by atoms with E-state index in [-0.39, 0.29) is 12.0 Å². The molecule has 0 radical (unpaired) electrons. The largest absolute Gasteiger partial charge is 0.368 e. The predicted octanol–water partition coefficient (Wildman–Crippen LogP) is 1.16. The smallest absolute Gasteiger partial charge is 0.251 e. The van der Waals surface area contributed by atoms with Crippen molar-refractivity contribution in [2.75, 3.05) is 26.2 Å². The van der Waals surface area contributed by atoms with Crippen molar-refractivity contribution in [3.05, 3.63) is 0 Å². The normalized spacial score (nSPS) is 29.2. The molecule has 2 unspecified atom stereocenters. The monoisotopic (exact) mass is 240 g/mol. The van der Waals surface area contributed by atoms with E-state index in [1.165, 1.54) is 0 Å². The second kappa shape index (κ2) is 6.36. The minimum absolute atomic E-state index is 0.170. The van der Waals surface area contributed by atoms with Gasteiger partial charge >= 0.3 is 0 Å². The summed E-state index contributed by atoms with van der Waals surface area (Å²) in [6.07, 6.45) is 5.06. The van der Waals surface area contributed by atoms with Crippen LogP contribution >= 0.6 is 0 Å². The number of hydrogen-bond acceptors (Lipinski definition) is 3. The van der Waals surface area contributed by atoms with Crippen molar-refractivity contribution in [2.45, 2.75) is 51.2 Å². The first-order valence-electron chi connectivity index (χ1n) is 6.95. The Morgan fingerprint density at radius 2 is 2.29 bits per heavy atom. The summed E-state index contributed by atoms with van der Waals surface area (Å²) in [4.78, 5) is 14.5. The van der Waals surface area contributed by atoms with Crippen molar-refractivity contribution in [1.29, 1.82) is 0 Å². The standard InChI is InChI=1S/C13H24N2O2/c1-2-8-15(11-6-7-14-10-11)13(16)12-5-3-4-9-17-12/h11-12,14H,2-10H2,1H3. The second-order valence-corrected chi connectivity index (χ2v) is 5.03. The van der Waals surface area contributed by atoms with Crippen LogP contribution in [0.3, 0.4) is 0 Å². The maximum atomic E-state index is 12.4. The minimum atomic E-state index is -0.170. The van der Waals surface area contributed by atoms with Gasteiger partial charge in [0.15, 0.2) is 0 Å². The fourth-order valence-electron chi connectivity index (χ4n) is 2.74. The van der Waals surface area contributed by atoms with Crippen LogP contribution in [0.25, 0.3) is 0 Å². The van der Waals surface area contributed by atoms with Gasteiger partial charge in [-0.05, 0) is 38.6 Å². The summed E-state index contributed by atoms with van der Waals surface area (Å²) < 4.78 is 5.61. The maximum Gasteiger partial charge on any atom is 0.251 e. The Morgan fingerprint density at radius 3 is 2.88 bits per heavy atom. The molecule has 4 heteroatoms.